The Balaban J connectivity index is 1.79. The summed E-state index contributed by atoms with van der Waals surface area (Å²) in [5.74, 6) is -2.19. The largest absolute Gasteiger partial charge is 0.490 e. The Morgan fingerprint density at radius 3 is 2.71 bits per heavy atom. The van der Waals surface area contributed by atoms with Crippen LogP contribution in [-0.2, 0) is 14.4 Å². The molecule has 1 saturated heterocycles. The predicted octanol–water partition coefficient (Wildman–Crippen LogP) is 0.691. The lowest BCUT2D eigenvalue weighted by atomic mass is 10.2. The molecule has 2 heterocycles. The number of carbonyl (C=O) groups is 1. The Morgan fingerprint density at radius 1 is 1.52 bits per heavy atom. The molecule has 0 amide bonds. The van der Waals surface area contributed by atoms with Crippen LogP contribution < -0.4 is 5.32 Å². The molecule has 3 rings (SSSR count). The number of alkyl halides is 3. The van der Waals surface area contributed by atoms with Gasteiger partial charge in [-0.2, -0.15) is 13.2 Å². The molecule has 0 spiro atoms. The zero-order valence-corrected chi connectivity index (χ0v) is 11.8. The molecule has 0 aromatic carbocycles. The highest BCUT2D eigenvalue weighted by Crippen LogP contribution is 2.58. The van der Waals surface area contributed by atoms with Crippen molar-refractivity contribution in [3.8, 4) is 0 Å². The number of fused-ring (bicyclic) bond motifs is 1. The predicted molar refractivity (Wildman–Crippen MR) is 65.1 cm³/mol. The highest BCUT2D eigenvalue weighted by Gasteiger charge is 2.75. The van der Waals surface area contributed by atoms with Crippen LogP contribution in [0.2, 0.25) is 0 Å². The van der Waals surface area contributed by atoms with Gasteiger partial charge in [-0.05, 0) is 13.8 Å². The molecule has 9 heteroatoms. The summed E-state index contributed by atoms with van der Waals surface area (Å²) in [5.41, 5.74) is -1.82. The summed E-state index contributed by atoms with van der Waals surface area (Å²) in [5, 5.41) is 6.92. The third kappa shape index (κ3) is 1.97. The Kier molecular flexibility index (Phi) is 2.76. The number of nitrogens with one attached hydrogen (secondary N) is 1. The highest BCUT2D eigenvalue weighted by molar-refractivity contribution is 5.91. The van der Waals surface area contributed by atoms with Crippen LogP contribution in [0.3, 0.4) is 0 Å². The molecule has 1 N–H and O–H groups in total. The first kappa shape index (κ1) is 14.4. The van der Waals surface area contributed by atoms with Gasteiger partial charge in [0.25, 0.3) is 0 Å². The van der Waals surface area contributed by atoms with Crippen molar-refractivity contribution in [3.05, 3.63) is 0 Å². The minimum atomic E-state index is -4.99. The number of ether oxygens (including phenoxy) is 1. The topological polar surface area (TPSA) is 63.2 Å². The lowest BCUT2D eigenvalue weighted by Crippen LogP contribution is -2.44. The molecule has 1 saturated carbocycles. The normalized spacial score (nSPS) is 36.9. The average Bonchev–Trinajstić information content (AvgIpc) is 2.65. The standard InChI is InChI=1S/C12H16F3N3O3/c1-10(2)18(3)8(17-21-10)7-6-4-16-5-11(6,7)20-9(19)12(13,14)15/h6-7,16H,4-5H2,1-3H3. The molecular formula is C12H16F3N3O3. The molecule has 3 aliphatic rings. The Morgan fingerprint density at radius 2 is 2.19 bits per heavy atom. The number of carbonyl (C=O) groups excluding carboxylic acids is 1. The molecular weight excluding hydrogens is 291 g/mol. The molecule has 1 aliphatic carbocycles. The van der Waals surface area contributed by atoms with Crippen LogP contribution in [0.15, 0.2) is 5.16 Å². The minimum absolute atomic E-state index is 0.192. The summed E-state index contributed by atoms with van der Waals surface area (Å²) >= 11 is 0. The van der Waals surface area contributed by atoms with E-state index in [2.05, 4.69) is 10.5 Å². The van der Waals surface area contributed by atoms with E-state index in [1.807, 2.05) is 0 Å². The molecule has 0 aromatic heterocycles. The Bertz CT molecular complexity index is 520. The van der Waals surface area contributed by atoms with Crippen LogP contribution in [-0.4, -0.2) is 54.3 Å². The van der Waals surface area contributed by atoms with Gasteiger partial charge in [0.1, 0.15) is 5.60 Å². The third-order valence-corrected chi connectivity index (χ3v) is 4.52. The van der Waals surface area contributed by atoms with Gasteiger partial charge in [-0.15, -0.1) is 0 Å². The van der Waals surface area contributed by atoms with Gasteiger partial charge in [0.05, 0.1) is 5.92 Å². The maximum Gasteiger partial charge on any atom is 0.490 e. The molecule has 0 aromatic rings. The monoisotopic (exact) mass is 307 g/mol. The zero-order chi connectivity index (χ0) is 15.6. The van der Waals surface area contributed by atoms with Crippen molar-refractivity contribution >= 4 is 11.8 Å². The molecule has 0 bridgehead atoms. The second-order valence-electron chi connectivity index (χ2n) is 6.10. The number of esters is 1. The number of hydrogen-bond acceptors (Lipinski definition) is 6. The summed E-state index contributed by atoms with van der Waals surface area (Å²) in [6.45, 7) is 4.28. The van der Waals surface area contributed by atoms with Crippen molar-refractivity contribution in [2.45, 2.75) is 31.3 Å². The Labute approximate surface area is 119 Å². The van der Waals surface area contributed by atoms with Crippen LogP contribution in [0.5, 0.6) is 0 Å². The van der Waals surface area contributed by atoms with E-state index in [0.717, 1.165) is 0 Å². The molecule has 2 aliphatic heterocycles. The van der Waals surface area contributed by atoms with Gasteiger partial charge in [0.2, 0.25) is 5.72 Å². The fourth-order valence-electron chi connectivity index (χ4n) is 3.07. The first-order valence-electron chi connectivity index (χ1n) is 6.60. The first-order valence-corrected chi connectivity index (χ1v) is 6.60. The van der Waals surface area contributed by atoms with E-state index in [4.69, 9.17) is 9.57 Å². The fraction of sp³-hybridized carbons (Fsp3) is 0.833. The van der Waals surface area contributed by atoms with Gasteiger partial charge in [-0.1, -0.05) is 5.16 Å². The van der Waals surface area contributed by atoms with E-state index >= 15 is 0 Å². The van der Waals surface area contributed by atoms with Crippen molar-refractivity contribution in [2.75, 3.05) is 20.1 Å². The number of hydrogen-bond donors (Lipinski definition) is 1. The van der Waals surface area contributed by atoms with Crippen molar-refractivity contribution in [2.24, 2.45) is 17.0 Å². The summed E-state index contributed by atoms with van der Waals surface area (Å²) in [6, 6.07) is 0. The molecule has 2 fully saturated rings. The molecule has 21 heavy (non-hydrogen) atoms. The van der Waals surface area contributed by atoms with Crippen LogP contribution in [0.1, 0.15) is 13.8 Å². The lowest BCUT2D eigenvalue weighted by Gasteiger charge is -2.28. The number of halogens is 3. The SMILES string of the molecule is CN1C(C2C3CNCC32OC(=O)C(F)(F)F)=NOC1(C)C. The number of oxime groups is 1. The lowest BCUT2D eigenvalue weighted by molar-refractivity contribution is -0.207. The molecule has 6 nitrogen and oxygen atoms in total. The molecule has 118 valence electrons. The van der Waals surface area contributed by atoms with Crippen molar-refractivity contribution in [1.82, 2.24) is 10.2 Å². The molecule has 3 unspecified atom stereocenters. The van der Waals surface area contributed by atoms with Gasteiger partial charge >= 0.3 is 12.1 Å². The average molecular weight is 307 g/mol. The summed E-state index contributed by atoms with van der Waals surface area (Å²) in [7, 11) is 1.76. The number of piperidine rings is 1. The van der Waals surface area contributed by atoms with Crippen LogP contribution >= 0.6 is 0 Å². The highest BCUT2D eigenvalue weighted by atomic mass is 19.4. The van der Waals surface area contributed by atoms with Gasteiger partial charge in [0.15, 0.2) is 5.84 Å². The maximum absolute atomic E-state index is 12.4. The van der Waals surface area contributed by atoms with E-state index in [1.165, 1.54) is 0 Å². The smallest absolute Gasteiger partial charge is 0.450 e. The van der Waals surface area contributed by atoms with Crippen LogP contribution in [0.25, 0.3) is 0 Å². The van der Waals surface area contributed by atoms with E-state index in [9.17, 15) is 18.0 Å². The first-order chi connectivity index (χ1) is 9.59. The maximum atomic E-state index is 12.4. The van der Waals surface area contributed by atoms with Crippen LogP contribution in [0.4, 0.5) is 13.2 Å². The van der Waals surface area contributed by atoms with Gasteiger partial charge in [0, 0.05) is 26.1 Å². The van der Waals surface area contributed by atoms with Gasteiger partial charge in [-0.25, -0.2) is 4.79 Å². The summed E-state index contributed by atoms with van der Waals surface area (Å²) in [4.78, 5) is 18.2. The van der Waals surface area contributed by atoms with E-state index in [-0.39, 0.29) is 18.4 Å². The summed E-state index contributed by atoms with van der Waals surface area (Å²) < 4.78 is 42.1. The van der Waals surface area contributed by atoms with Crippen molar-refractivity contribution < 1.29 is 27.5 Å². The fourth-order valence-corrected chi connectivity index (χ4v) is 3.07. The second kappa shape index (κ2) is 4.02. The van der Waals surface area contributed by atoms with E-state index in [1.54, 1.807) is 25.8 Å². The second-order valence-corrected chi connectivity index (χ2v) is 6.10. The molecule has 0 radical (unpaired) electrons. The van der Waals surface area contributed by atoms with Crippen molar-refractivity contribution in [1.29, 1.82) is 0 Å². The number of rotatable bonds is 2. The van der Waals surface area contributed by atoms with Crippen molar-refractivity contribution in [3.63, 3.8) is 0 Å². The molecule has 3 atom stereocenters. The quantitative estimate of drug-likeness (QED) is 0.761. The van der Waals surface area contributed by atoms with Gasteiger partial charge < -0.3 is 19.8 Å². The van der Waals surface area contributed by atoms with E-state index in [0.29, 0.717) is 12.4 Å². The van der Waals surface area contributed by atoms with Gasteiger partial charge in [-0.3, -0.25) is 0 Å². The third-order valence-electron chi connectivity index (χ3n) is 4.52. The van der Waals surface area contributed by atoms with E-state index < -0.39 is 23.5 Å². The minimum Gasteiger partial charge on any atom is -0.450 e. The number of nitrogens with zero attached hydrogens (tertiary/aromatic N) is 2. The zero-order valence-electron chi connectivity index (χ0n) is 11.8. The Hall–Kier alpha value is -1.51. The van der Waals surface area contributed by atoms with Crippen LogP contribution in [0, 0.1) is 11.8 Å². The summed E-state index contributed by atoms with van der Waals surface area (Å²) in [6.07, 6.45) is -4.99. The number of amidine groups is 1.